The van der Waals surface area contributed by atoms with E-state index in [4.69, 9.17) is 4.74 Å². The van der Waals surface area contributed by atoms with E-state index in [1.54, 1.807) is 42.1 Å². The molecule has 0 aliphatic carbocycles. The summed E-state index contributed by atoms with van der Waals surface area (Å²) >= 11 is 0. The Morgan fingerprint density at radius 2 is 1.93 bits per heavy atom. The molecule has 2 heterocycles. The van der Waals surface area contributed by atoms with E-state index < -0.39 is 6.04 Å². The number of benzene rings is 2. The van der Waals surface area contributed by atoms with E-state index in [9.17, 15) is 9.59 Å². The molecule has 2 amide bonds. The summed E-state index contributed by atoms with van der Waals surface area (Å²) in [6.07, 6.45) is 0.0326. The number of fused-ring (bicyclic) bond motifs is 1. The first-order chi connectivity index (χ1) is 13.1. The lowest BCUT2D eigenvalue weighted by Gasteiger charge is -2.23. The Morgan fingerprint density at radius 1 is 1.19 bits per heavy atom. The summed E-state index contributed by atoms with van der Waals surface area (Å²) in [5.74, 6) is 0.711. The van der Waals surface area contributed by atoms with Crippen molar-refractivity contribution < 1.29 is 14.3 Å². The van der Waals surface area contributed by atoms with Crippen LogP contribution in [0.2, 0.25) is 0 Å². The molecule has 1 atom stereocenters. The van der Waals surface area contributed by atoms with Gasteiger partial charge in [-0.1, -0.05) is 30.3 Å². The lowest BCUT2D eigenvalue weighted by molar-refractivity contribution is -0.125. The third kappa shape index (κ3) is 3.39. The van der Waals surface area contributed by atoms with Crippen LogP contribution in [0, 0.1) is 0 Å². The van der Waals surface area contributed by atoms with Crippen molar-refractivity contribution in [2.24, 2.45) is 0 Å². The van der Waals surface area contributed by atoms with E-state index >= 15 is 0 Å². The lowest BCUT2D eigenvalue weighted by atomic mass is 10.1. The van der Waals surface area contributed by atoms with Gasteiger partial charge < -0.3 is 15.4 Å². The van der Waals surface area contributed by atoms with E-state index in [0.717, 1.165) is 5.56 Å². The summed E-state index contributed by atoms with van der Waals surface area (Å²) in [6.45, 7) is 0. The number of rotatable bonds is 4. The highest BCUT2D eigenvalue weighted by Crippen LogP contribution is 2.30. The maximum atomic E-state index is 12.8. The first kappa shape index (κ1) is 16.8. The maximum Gasteiger partial charge on any atom is 0.249 e. The molecule has 7 nitrogen and oxygen atoms in total. The van der Waals surface area contributed by atoms with Gasteiger partial charge in [-0.15, -0.1) is 0 Å². The Hall–Kier alpha value is -3.61. The number of ether oxygens (including phenoxy) is 1. The molecule has 1 aliphatic rings. The van der Waals surface area contributed by atoms with Crippen molar-refractivity contribution in [3.8, 4) is 17.0 Å². The van der Waals surface area contributed by atoms with Crippen LogP contribution in [0.4, 0.5) is 11.5 Å². The van der Waals surface area contributed by atoms with Crippen molar-refractivity contribution in [3.63, 3.8) is 0 Å². The zero-order valence-electron chi connectivity index (χ0n) is 14.7. The van der Waals surface area contributed by atoms with Crippen molar-refractivity contribution in [1.82, 2.24) is 9.78 Å². The molecular formula is C20H18N4O3. The van der Waals surface area contributed by atoms with E-state index in [1.165, 1.54) is 0 Å². The van der Waals surface area contributed by atoms with Crippen LogP contribution in [0.25, 0.3) is 11.3 Å². The second-order valence-corrected chi connectivity index (χ2v) is 6.21. The van der Waals surface area contributed by atoms with Crippen LogP contribution in [0.5, 0.6) is 5.75 Å². The Labute approximate surface area is 156 Å². The van der Waals surface area contributed by atoms with Crippen molar-refractivity contribution >= 4 is 23.3 Å². The number of methoxy groups -OCH3 is 1. The summed E-state index contributed by atoms with van der Waals surface area (Å²) in [4.78, 5) is 24.9. The van der Waals surface area contributed by atoms with E-state index in [-0.39, 0.29) is 18.2 Å². The molecule has 0 radical (unpaired) electrons. The zero-order chi connectivity index (χ0) is 18.8. The molecule has 27 heavy (non-hydrogen) atoms. The van der Waals surface area contributed by atoms with Gasteiger partial charge in [0, 0.05) is 17.3 Å². The first-order valence-electron chi connectivity index (χ1n) is 8.54. The topological polar surface area (TPSA) is 85.2 Å². The molecule has 136 valence electrons. The molecule has 4 rings (SSSR count). The summed E-state index contributed by atoms with van der Waals surface area (Å²) in [7, 11) is 1.58. The molecule has 7 heteroatoms. The van der Waals surface area contributed by atoms with Crippen LogP contribution in [0.15, 0.2) is 60.7 Å². The van der Waals surface area contributed by atoms with Gasteiger partial charge in [0.05, 0.1) is 19.2 Å². The van der Waals surface area contributed by atoms with Crippen molar-refractivity contribution in [1.29, 1.82) is 0 Å². The van der Waals surface area contributed by atoms with E-state index in [1.807, 2.05) is 30.3 Å². The number of carbonyl (C=O) groups is 2. The Balaban J connectivity index is 1.61. The van der Waals surface area contributed by atoms with Crippen LogP contribution in [-0.4, -0.2) is 28.7 Å². The number of hydrogen-bond acceptors (Lipinski definition) is 4. The Kier molecular flexibility index (Phi) is 4.33. The molecule has 0 saturated carbocycles. The van der Waals surface area contributed by atoms with Gasteiger partial charge in [-0.3, -0.25) is 9.59 Å². The number of carbonyl (C=O) groups excluding carboxylic acids is 2. The molecule has 1 aliphatic heterocycles. The van der Waals surface area contributed by atoms with Crippen molar-refractivity contribution in [3.05, 3.63) is 60.7 Å². The van der Waals surface area contributed by atoms with Gasteiger partial charge >= 0.3 is 0 Å². The monoisotopic (exact) mass is 362 g/mol. The van der Waals surface area contributed by atoms with Crippen LogP contribution < -0.4 is 15.4 Å². The van der Waals surface area contributed by atoms with Crippen molar-refractivity contribution in [2.45, 2.75) is 12.5 Å². The largest absolute Gasteiger partial charge is 0.497 e. The molecule has 0 saturated heterocycles. The van der Waals surface area contributed by atoms with E-state index in [0.29, 0.717) is 22.9 Å². The molecule has 2 aromatic carbocycles. The minimum absolute atomic E-state index is 0.0326. The summed E-state index contributed by atoms with van der Waals surface area (Å²) < 4.78 is 6.69. The van der Waals surface area contributed by atoms with Crippen molar-refractivity contribution in [2.75, 3.05) is 17.7 Å². The number of nitrogens with zero attached hydrogens (tertiary/aromatic N) is 2. The van der Waals surface area contributed by atoms with Gasteiger partial charge in [0.2, 0.25) is 11.8 Å². The second kappa shape index (κ2) is 6.95. The number of anilines is 2. The highest BCUT2D eigenvalue weighted by atomic mass is 16.5. The van der Waals surface area contributed by atoms with Gasteiger partial charge in [-0.2, -0.15) is 5.10 Å². The highest BCUT2D eigenvalue weighted by Gasteiger charge is 2.32. The number of aromatic nitrogens is 2. The number of amides is 2. The third-order valence-electron chi connectivity index (χ3n) is 4.41. The van der Waals surface area contributed by atoms with Gasteiger partial charge in [-0.05, 0) is 24.3 Å². The maximum absolute atomic E-state index is 12.8. The predicted molar refractivity (Wildman–Crippen MR) is 102 cm³/mol. The fourth-order valence-corrected chi connectivity index (χ4v) is 3.03. The summed E-state index contributed by atoms with van der Waals surface area (Å²) in [5, 5.41) is 10.2. The standard InChI is InChI=1S/C20H18N4O3/c1-27-15-9-7-14(8-10-15)21-20(26)17-12-19(25)22-18-11-16(23-24(17)18)13-5-3-2-4-6-13/h2-11,17H,12H2,1H3,(H,21,26)(H,22,25)/t17-/m0/s1. The molecular weight excluding hydrogens is 344 g/mol. The quantitative estimate of drug-likeness (QED) is 0.747. The zero-order valence-corrected chi connectivity index (χ0v) is 14.7. The molecule has 1 aromatic heterocycles. The Morgan fingerprint density at radius 3 is 2.63 bits per heavy atom. The number of hydrogen-bond donors (Lipinski definition) is 2. The van der Waals surface area contributed by atoms with Crippen LogP contribution in [-0.2, 0) is 9.59 Å². The molecule has 3 aromatic rings. The van der Waals surface area contributed by atoms with Crippen LogP contribution in [0.3, 0.4) is 0 Å². The minimum atomic E-state index is -0.715. The SMILES string of the molecule is COc1ccc(NC(=O)[C@@H]2CC(=O)Nc3cc(-c4ccccc4)nn32)cc1. The van der Waals surface area contributed by atoms with E-state index in [2.05, 4.69) is 15.7 Å². The smallest absolute Gasteiger partial charge is 0.249 e. The van der Waals surface area contributed by atoms with Crippen LogP contribution >= 0.6 is 0 Å². The van der Waals surface area contributed by atoms with Gasteiger partial charge in [0.15, 0.2) is 0 Å². The summed E-state index contributed by atoms with van der Waals surface area (Å²) in [5.41, 5.74) is 2.25. The average Bonchev–Trinajstić information content (AvgIpc) is 3.12. The average molecular weight is 362 g/mol. The first-order valence-corrected chi connectivity index (χ1v) is 8.54. The fourth-order valence-electron chi connectivity index (χ4n) is 3.03. The highest BCUT2D eigenvalue weighted by molar-refractivity contribution is 6.01. The predicted octanol–water partition coefficient (Wildman–Crippen LogP) is 3.08. The molecule has 0 spiro atoms. The minimum Gasteiger partial charge on any atom is -0.497 e. The molecule has 0 unspecified atom stereocenters. The normalized spacial score (nSPS) is 15.6. The molecule has 0 bridgehead atoms. The molecule has 0 fully saturated rings. The van der Waals surface area contributed by atoms with Crippen LogP contribution in [0.1, 0.15) is 12.5 Å². The lowest BCUT2D eigenvalue weighted by Crippen LogP contribution is -2.35. The van der Waals surface area contributed by atoms with Gasteiger partial charge in [0.1, 0.15) is 17.6 Å². The van der Waals surface area contributed by atoms with Gasteiger partial charge in [-0.25, -0.2) is 4.68 Å². The fraction of sp³-hybridized carbons (Fsp3) is 0.150. The third-order valence-corrected chi connectivity index (χ3v) is 4.41. The summed E-state index contributed by atoms with van der Waals surface area (Å²) in [6, 6.07) is 17.7. The molecule has 2 N–H and O–H groups in total. The Bertz CT molecular complexity index is 980. The second-order valence-electron chi connectivity index (χ2n) is 6.21. The van der Waals surface area contributed by atoms with Gasteiger partial charge in [0.25, 0.3) is 0 Å². The number of nitrogens with one attached hydrogen (secondary N) is 2.